The lowest BCUT2D eigenvalue weighted by molar-refractivity contribution is -0.114. The molecule has 0 aliphatic heterocycles. The highest BCUT2D eigenvalue weighted by molar-refractivity contribution is 7.22. The van der Waals surface area contributed by atoms with Crippen molar-refractivity contribution < 1.29 is 9.59 Å². The van der Waals surface area contributed by atoms with Gasteiger partial charge in [-0.05, 0) is 52.0 Å². The average Bonchev–Trinajstić information content (AvgIpc) is 3.05. The maximum absolute atomic E-state index is 12.7. The molecule has 0 aliphatic carbocycles. The second-order valence-corrected chi connectivity index (χ2v) is 7.62. The van der Waals surface area contributed by atoms with E-state index in [1.807, 2.05) is 38.1 Å². The fourth-order valence-electron chi connectivity index (χ4n) is 3.21. The zero-order valence-corrected chi connectivity index (χ0v) is 16.3. The molecule has 0 spiro atoms. The van der Waals surface area contributed by atoms with Gasteiger partial charge in [-0.15, -0.1) is 0 Å². The maximum atomic E-state index is 12.7. The molecule has 2 aromatic heterocycles. The van der Waals surface area contributed by atoms with Gasteiger partial charge in [-0.1, -0.05) is 11.3 Å². The van der Waals surface area contributed by atoms with Gasteiger partial charge in [0.1, 0.15) is 0 Å². The van der Waals surface area contributed by atoms with E-state index in [1.165, 1.54) is 18.3 Å². The molecule has 136 valence electrons. The van der Waals surface area contributed by atoms with Crippen LogP contribution in [0.15, 0.2) is 24.3 Å². The molecule has 2 amide bonds. The van der Waals surface area contributed by atoms with Crippen LogP contribution < -0.4 is 10.6 Å². The van der Waals surface area contributed by atoms with E-state index in [4.69, 9.17) is 0 Å². The Kier molecular flexibility index (Phi) is 4.82. The number of thiazole rings is 1. The molecule has 6 nitrogen and oxygen atoms in total. The number of nitrogens with one attached hydrogen (secondary N) is 2. The molecule has 2 N–H and O–H groups in total. The van der Waals surface area contributed by atoms with Crippen LogP contribution in [-0.2, 0) is 4.79 Å². The minimum atomic E-state index is -0.155. The predicted molar refractivity (Wildman–Crippen MR) is 106 cm³/mol. The van der Waals surface area contributed by atoms with Crippen molar-refractivity contribution in [3.8, 4) is 0 Å². The van der Waals surface area contributed by atoms with E-state index in [2.05, 4.69) is 34.0 Å². The number of aromatic nitrogens is 2. The molecular weight excluding hydrogens is 348 g/mol. The third kappa shape index (κ3) is 3.48. The highest BCUT2D eigenvalue weighted by Gasteiger charge is 2.17. The number of nitrogens with zero attached hydrogens (tertiary/aromatic N) is 2. The van der Waals surface area contributed by atoms with Gasteiger partial charge in [-0.2, -0.15) is 0 Å². The van der Waals surface area contributed by atoms with E-state index in [-0.39, 0.29) is 11.8 Å². The van der Waals surface area contributed by atoms with E-state index in [0.29, 0.717) is 22.4 Å². The average molecular weight is 370 g/mol. The number of carbonyl (C=O) groups is 2. The minimum Gasteiger partial charge on any atom is -0.346 e. The number of rotatable bonds is 4. The summed E-state index contributed by atoms with van der Waals surface area (Å²) in [5.41, 5.74) is 4.20. The number of hydrogen-bond acceptors (Lipinski definition) is 4. The van der Waals surface area contributed by atoms with Crippen molar-refractivity contribution >= 4 is 44.2 Å². The molecule has 26 heavy (non-hydrogen) atoms. The van der Waals surface area contributed by atoms with Gasteiger partial charge < -0.3 is 15.2 Å². The molecule has 7 heteroatoms. The molecule has 1 aromatic carbocycles. The highest BCUT2D eigenvalue weighted by Crippen LogP contribution is 2.29. The Labute approximate surface area is 156 Å². The molecule has 0 bridgehead atoms. The van der Waals surface area contributed by atoms with Crippen LogP contribution in [0.4, 0.5) is 10.8 Å². The van der Waals surface area contributed by atoms with E-state index >= 15 is 0 Å². The monoisotopic (exact) mass is 370 g/mol. The van der Waals surface area contributed by atoms with Gasteiger partial charge in [-0.25, -0.2) is 4.98 Å². The fraction of sp³-hybridized carbons (Fsp3) is 0.316. The number of carbonyl (C=O) groups excluding carboxylic acids is 2. The number of hydrogen-bond donors (Lipinski definition) is 2. The fourth-order valence-corrected chi connectivity index (χ4v) is 4.16. The largest absolute Gasteiger partial charge is 0.346 e. The van der Waals surface area contributed by atoms with Crippen molar-refractivity contribution in [2.24, 2.45) is 0 Å². The summed E-state index contributed by atoms with van der Waals surface area (Å²) in [4.78, 5) is 28.2. The van der Waals surface area contributed by atoms with Gasteiger partial charge in [0, 0.05) is 30.0 Å². The van der Waals surface area contributed by atoms with Crippen molar-refractivity contribution in [1.82, 2.24) is 9.55 Å². The summed E-state index contributed by atoms with van der Waals surface area (Å²) in [7, 11) is 0. The Hall–Kier alpha value is -2.67. The van der Waals surface area contributed by atoms with Crippen molar-refractivity contribution in [1.29, 1.82) is 0 Å². The van der Waals surface area contributed by atoms with E-state index in [1.54, 1.807) is 0 Å². The summed E-state index contributed by atoms with van der Waals surface area (Å²) in [5.74, 6) is -0.283. The normalized spacial score (nSPS) is 11.2. The van der Waals surface area contributed by atoms with Gasteiger partial charge in [-0.3, -0.25) is 9.59 Å². The van der Waals surface area contributed by atoms with Crippen molar-refractivity contribution in [2.75, 3.05) is 10.6 Å². The number of anilines is 2. The number of aryl methyl sites for hydroxylation is 1. The highest BCUT2D eigenvalue weighted by atomic mass is 32.1. The van der Waals surface area contributed by atoms with Crippen LogP contribution in [0.3, 0.4) is 0 Å². The standard InChI is InChI=1S/C19H22N4O2S/c1-10(2)23-11(3)8-15(12(23)4)18(25)21-14-6-7-16-17(9-14)26-19(22-16)20-13(5)24/h6-10H,1-5H3,(H,21,25)(H,20,22,24). The van der Waals surface area contributed by atoms with Crippen molar-refractivity contribution in [2.45, 2.75) is 40.7 Å². The summed E-state index contributed by atoms with van der Waals surface area (Å²) >= 11 is 1.38. The van der Waals surface area contributed by atoms with Gasteiger partial charge in [0.05, 0.1) is 15.8 Å². The first-order valence-electron chi connectivity index (χ1n) is 8.44. The van der Waals surface area contributed by atoms with Crippen LogP contribution in [-0.4, -0.2) is 21.4 Å². The Morgan fingerprint density at radius 2 is 1.88 bits per heavy atom. The second kappa shape index (κ2) is 6.92. The molecule has 2 heterocycles. The Morgan fingerprint density at radius 3 is 2.50 bits per heavy atom. The summed E-state index contributed by atoms with van der Waals surface area (Å²) < 4.78 is 3.06. The van der Waals surface area contributed by atoms with Gasteiger partial charge in [0.15, 0.2) is 5.13 Å². The van der Waals surface area contributed by atoms with Crippen molar-refractivity contribution in [3.63, 3.8) is 0 Å². The summed E-state index contributed by atoms with van der Waals surface area (Å²) in [6.07, 6.45) is 0. The van der Waals surface area contributed by atoms with Crippen LogP contribution in [0.1, 0.15) is 48.6 Å². The van der Waals surface area contributed by atoms with E-state index in [0.717, 1.165) is 21.6 Å². The first-order valence-corrected chi connectivity index (χ1v) is 9.26. The van der Waals surface area contributed by atoms with Gasteiger partial charge in [0.25, 0.3) is 5.91 Å². The molecule has 0 unspecified atom stereocenters. The lowest BCUT2D eigenvalue weighted by Crippen LogP contribution is -2.13. The van der Waals surface area contributed by atoms with Crippen LogP contribution in [0.5, 0.6) is 0 Å². The zero-order valence-electron chi connectivity index (χ0n) is 15.5. The quantitative estimate of drug-likeness (QED) is 0.709. The molecule has 0 fully saturated rings. The second-order valence-electron chi connectivity index (χ2n) is 6.59. The zero-order chi connectivity index (χ0) is 19.0. The Balaban J connectivity index is 1.85. The van der Waals surface area contributed by atoms with Crippen LogP contribution in [0.25, 0.3) is 10.2 Å². The van der Waals surface area contributed by atoms with Crippen LogP contribution in [0, 0.1) is 13.8 Å². The number of fused-ring (bicyclic) bond motifs is 1. The maximum Gasteiger partial charge on any atom is 0.257 e. The third-order valence-electron chi connectivity index (χ3n) is 4.17. The topological polar surface area (TPSA) is 76.0 Å². The summed E-state index contributed by atoms with van der Waals surface area (Å²) in [6, 6.07) is 7.75. The van der Waals surface area contributed by atoms with Crippen LogP contribution >= 0.6 is 11.3 Å². The molecular formula is C19H22N4O2S. The SMILES string of the molecule is CC(=O)Nc1nc2ccc(NC(=O)c3cc(C)n(C(C)C)c3C)cc2s1. The summed E-state index contributed by atoms with van der Waals surface area (Å²) in [5, 5.41) is 6.20. The lowest BCUT2D eigenvalue weighted by Gasteiger charge is -2.13. The molecule has 0 aliphatic rings. The van der Waals surface area contributed by atoms with Gasteiger partial charge in [0.2, 0.25) is 5.91 Å². The smallest absolute Gasteiger partial charge is 0.257 e. The molecule has 0 saturated carbocycles. The van der Waals surface area contributed by atoms with Gasteiger partial charge >= 0.3 is 0 Å². The minimum absolute atomic E-state index is 0.129. The molecule has 0 radical (unpaired) electrons. The number of amides is 2. The lowest BCUT2D eigenvalue weighted by atomic mass is 10.2. The molecule has 0 atom stereocenters. The van der Waals surface area contributed by atoms with Crippen LogP contribution in [0.2, 0.25) is 0 Å². The Bertz CT molecular complexity index is 1000. The third-order valence-corrected chi connectivity index (χ3v) is 5.11. The first kappa shape index (κ1) is 18.1. The molecule has 3 aromatic rings. The molecule has 3 rings (SSSR count). The van der Waals surface area contributed by atoms with E-state index in [9.17, 15) is 9.59 Å². The van der Waals surface area contributed by atoms with E-state index < -0.39 is 0 Å². The Morgan fingerprint density at radius 1 is 1.15 bits per heavy atom. The molecule has 0 saturated heterocycles. The first-order chi connectivity index (χ1) is 12.3. The summed E-state index contributed by atoms with van der Waals surface area (Å²) in [6.45, 7) is 9.63. The predicted octanol–water partition coefficient (Wildman–Crippen LogP) is 4.51. The van der Waals surface area contributed by atoms with Crippen molar-refractivity contribution in [3.05, 3.63) is 41.2 Å². The number of benzene rings is 1.